The number of thiazole rings is 1. The number of nitrogens with zero attached hydrogens (tertiary/aromatic N) is 3. The van der Waals surface area contributed by atoms with Crippen LogP contribution in [0.5, 0.6) is 0 Å². The van der Waals surface area contributed by atoms with Crippen LogP contribution < -0.4 is 0 Å². The van der Waals surface area contributed by atoms with Gasteiger partial charge >= 0.3 is 0 Å². The summed E-state index contributed by atoms with van der Waals surface area (Å²) in [6.07, 6.45) is 4.81. The summed E-state index contributed by atoms with van der Waals surface area (Å²) >= 11 is 1.57. The number of aryl methyl sites for hydroxylation is 1. The summed E-state index contributed by atoms with van der Waals surface area (Å²) in [4.78, 5) is 8.54. The molecule has 0 aliphatic heterocycles. The highest BCUT2D eigenvalue weighted by molar-refractivity contribution is 7.90. The SMILES string of the molecule is Cc1noc([C@H](C)S(=O)(=O)Cc2csc(C3CCCC3)n2)n1. The third kappa shape index (κ3) is 3.22. The standard InChI is InChI=1S/C14H19N3O3S2/c1-9(13-15-10(2)17-20-13)22(18,19)8-12-7-21-14(16-12)11-5-3-4-6-11/h7,9,11H,3-6,8H2,1-2H3/t9-/m0/s1. The first kappa shape index (κ1) is 15.6. The molecule has 0 amide bonds. The normalized spacial score (nSPS) is 17.9. The molecule has 8 heteroatoms. The molecule has 1 atom stereocenters. The molecule has 0 bridgehead atoms. The largest absolute Gasteiger partial charge is 0.338 e. The molecule has 0 N–H and O–H groups in total. The van der Waals surface area contributed by atoms with Crippen LogP contribution in [0, 0.1) is 6.92 Å². The van der Waals surface area contributed by atoms with E-state index < -0.39 is 15.1 Å². The Morgan fingerprint density at radius 3 is 2.73 bits per heavy atom. The van der Waals surface area contributed by atoms with Gasteiger partial charge in [-0.3, -0.25) is 0 Å². The van der Waals surface area contributed by atoms with Gasteiger partial charge in [0.05, 0.1) is 16.5 Å². The van der Waals surface area contributed by atoms with E-state index in [-0.39, 0.29) is 11.6 Å². The van der Waals surface area contributed by atoms with Crippen LogP contribution in [0.4, 0.5) is 0 Å². The van der Waals surface area contributed by atoms with Crippen molar-refractivity contribution in [3.05, 3.63) is 27.8 Å². The van der Waals surface area contributed by atoms with Gasteiger partial charge in [-0.15, -0.1) is 11.3 Å². The molecule has 22 heavy (non-hydrogen) atoms. The van der Waals surface area contributed by atoms with E-state index in [0.29, 0.717) is 17.4 Å². The van der Waals surface area contributed by atoms with E-state index in [1.54, 1.807) is 25.2 Å². The first-order valence-electron chi connectivity index (χ1n) is 7.42. The second kappa shape index (κ2) is 6.08. The van der Waals surface area contributed by atoms with E-state index >= 15 is 0 Å². The molecule has 3 rings (SSSR count). The van der Waals surface area contributed by atoms with E-state index in [0.717, 1.165) is 17.8 Å². The summed E-state index contributed by atoms with van der Waals surface area (Å²) in [6, 6.07) is 0. The Morgan fingerprint density at radius 1 is 1.36 bits per heavy atom. The minimum absolute atomic E-state index is 0.0845. The predicted molar refractivity (Wildman–Crippen MR) is 83.4 cm³/mol. The lowest BCUT2D eigenvalue weighted by Crippen LogP contribution is -2.13. The van der Waals surface area contributed by atoms with Gasteiger partial charge in [0.15, 0.2) is 15.7 Å². The zero-order chi connectivity index (χ0) is 15.7. The number of aromatic nitrogens is 3. The lowest BCUT2D eigenvalue weighted by Gasteiger charge is -2.07. The van der Waals surface area contributed by atoms with Crippen molar-refractivity contribution < 1.29 is 12.9 Å². The fourth-order valence-electron chi connectivity index (χ4n) is 2.71. The van der Waals surface area contributed by atoms with Gasteiger partial charge < -0.3 is 4.52 Å². The third-order valence-electron chi connectivity index (χ3n) is 4.05. The molecule has 1 aliphatic carbocycles. The van der Waals surface area contributed by atoms with Crippen LogP contribution in [0.15, 0.2) is 9.90 Å². The van der Waals surface area contributed by atoms with Crippen LogP contribution in [0.1, 0.15) is 66.2 Å². The first-order valence-corrected chi connectivity index (χ1v) is 10.0. The maximum atomic E-state index is 12.5. The van der Waals surface area contributed by atoms with E-state index in [1.807, 2.05) is 5.38 Å². The number of rotatable bonds is 5. The second-order valence-electron chi connectivity index (χ2n) is 5.79. The van der Waals surface area contributed by atoms with Gasteiger partial charge in [0.1, 0.15) is 5.25 Å². The highest BCUT2D eigenvalue weighted by Crippen LogP contribution is 2.36. The van der Waals surface area contributed by atoms with E-state index in [2.05, 4.69) is 15.1 Å². The lowest BCUT2D eigenvalue weighted by atomic mass is 10.1. The second-order valence-corrected chi connectivity index (χ2v) is 9.00. The van der Waals surface area contributed by atoms with Crippen molar-refractivity contribution in [2.45, 2.75) is 56.5 Å². The van der Waals surface area contributed by atoms with E-state index in [1.165, 1.54) is 12.8 Å². The average Bonchev–Trinajstić information content (AvgIpc) is 3.17. The van der Waals surface area contributed by atoms with Crippen molar-refractivity contribution in [3.63, 3.8) is 0 Å². The summed E-state index contributed by atoms with van der Waals surface area (Å²) in [5.41, 5.74) is 0.620. The van der Waals surface area contributed by atoms with Gasteiger partial charge in [-0.1, -0.05) is 18.0 Å². The number of sulfone groups is 1. The lowest BCUT2D eigenvalue weighted by molar-refractivity contribution is 0.373. The van der Waals surface area contributed by atoms with Crippen molar-refractivity contribution in [2.24, 2.45) is 0 Å². The molecule has 120 valence electrons. The Kier molecular flexibility index (Phi) is 4.31. The molecule has 0 aromatic carbocycles. The van der Waals surface area contributed by atoms with Crippen molar-refractivity contribution in [1.29, 1.82) is 0 Å². The number of hydrogen-bond acceptors (Lipinski definition) is 7. The maximum Gasteiger partial charge on any atom is 0.244 e. The van der Waals surface area contributed by atoms with Crippen molar-refractivity contribution in [1.82, 2.24) is 15.1 Å². The number of hydrogen-bond donors (Lipinski definition) is 0. The van der Waals surface area contributed by atoms with Crippen LogP contribution in [-0.4, -0.2) is 23.5 Å². The smallest absolute Gasteiger partial charge is 0.244 e. The highest BCUT2D eigenvalue weighted by Gasteiger charge is 2.29. The summed E-state index contributed by atoms with van der Waals surface area (Å²) in [5.74, 6) is 1.01. The van der Waals surface area contributed by atoms with Crippen LogP contribution in [0.3, 0.4) is 0 Å². The molecular formula is C14H19N3O3S2. The summed E-state index contributed by atoms with van der Waals surface area (Å²) < 4.78 is 29.9. The van der Waals surface area contributed by atoms with Crippen LogP contribution in [0.25, 0.3) is 0 Å². The Bertz CT molecular complexity index is 745. The minimum atomic E-state index is -3.42. The monoisotopic (exact) mass is 341 g/mol. The Balaban J connectivity index is 1.73. The maximum absolute atomic E-state index is 12.5. The molecule has 0 saturated heterocycles. The van der Waals surface area contributed by atoms with Gasteiger partial charge in [0.2, 0.25) is 5.89 Å². The van der Waals surface area contributed by atoms with Gasteiger partial charge in [-0.05, 0) is 26.7 Å². The molecular weight excluding hydrogens is 322 g/mol. The fraction of sp³-hybridized carbons (Fsp3) is 0.643. The quantitative estimate of drug-likeness (QED) is 0.830. The van der Waals surface area contributed by atoms with Crippen LogP contribution in [0.2, 0.25) is 0 Å². The molecule has 0 spiro atoms. The summed E-state index contributed by atoms with van der Waals surface area (Å²) in [6.45, 7) is 3.24. The molecule has 0 unspecified atom stereocenters. The summed E-state index contributed by atoms with van der Waals surface area (Å²) in [7, 11) is -3.42. The van der Waals surface area contributed by atoms with Crippen LogP contribution >= 0.6 is 11.3 Å². The summed E-state index contributed by atoms with van der Waals surface area (Å²) in [5, 5.41) is 5.77. The minimum Gasteiger partial charge on any atom is -0.338 e. The van der Waals surface area contributed by atoms with Gasteiger partial charge in [0, 0.05) is 11.3 Å². The molecule has 1 fully saturated rings. The van der Waals surface area contributed by atoms with E-state index in [4.69, 9.17) is 4.52 Å². The molecule has 2 aromatic rings. The topological polar surface area (TPSA) is 86.0 Å². The molecule has 2 aromatic heterocycles. The average molecular weight is 341 g/mol. The van der Waals surface area contributed by atoms with Crippen LogP contribution in [-0.2, 0) is 15.6 Å². The fourth-order valence-corrected chi connectivity index (χ4v) is 5.02. The van der Waals surface area contributed by atoms with Crippen molar-refractivity contribution in [2.75, 3.05) is 0 Å². The molecule has 1 aliphatic rings. The molecule has 6 nitrogen and oxygen atoms in total. The highest BCUT2D eigenvalue weighted by atomic mass is 32.2. The Morgan fingerprint density at radius 2 is 2.09 bits per heavy atom. The molecule has 2 heterocycles. The van der Waals surface area contributed by atoms with Crippen molar-refractivity contribution in [3.8, 4) is 0 Å². The zero-order valence-electron chi connectivity index (χ0n) is 12.7. The van der Waals surface area contributed by atoms with Gasteiger partial charge in [0.25, 0.3) is 0 Å². The van der Waals surface area contributed by atoms with Gasteiger partial charge in [-0.25, -0.2) is 13.4 Å². The molecule has 1 saturated carbocycles. The van der Waals surface area contributed by atoms with Gasteiger partial charge in [-0.2, -0.15) is 4.98 Å². The Hall–Kier alpha value is -1.28. The third-order valence-corrected chi connectivity index (χ3v) is 7.09. The zero-order valence-corrected chi connectivity index (χ0v) is 14.3. The predicted octanol–water partition coefficient (Wildman–Crippen LogP) is 3.17. The molecule has 0 radical (unpaired) electrons. The first-order chi connectivity index (χ1) is 10.5. The van der Waals surface area contributed by atoms with E-state index in [9.17, 15) is 8.42 Å². The van der Waals surface area contributed by atoms with Crippen molar-refractivity contribution >= 4 is 21.2 Å². The Labute approximate surface area is 133 Å².